The summed E-state index contributed by atoms with van der Waals surface area (Å²) in [7, 11) is 0. The van der Waals surface area contributed by atoms with Crippen LogP contribution in [-0.2, 0) is 0 Å². The van der Waals surface area contributed by atoms with Crippen LogP contribution in [0.3, 0.4) is 0 Å². The minimum Gasteiger partial charge on any atom is -0.370 e. The fourth-order valence-electron chi connectivity index (χ4n) is 2.53. The molecule has 1 heterocycles. The molecule has 0 bridgehead atoms. The third-order valence-electron chi connectivity index (χ3n) is 3.32. The van der Waals surface area contributed by atoms with E-state index in [0.29, 0.717) is 18.4 Å². The third kappa shape index (κ3) is 7.21. The van der Waals surface area contributed by atoms with Crippen LogP contribution in [0.25, 0.3) is 0 Å². The monoisotopic (exact) mass is 266 g/mol. The van der Waals surface area contributed by atoms with Crippen molar-refractivity contribution in [3.05, 3.63) is 12.2 Å². The molecule has 1 aliphatic heterocycles. The quantitative estimate of drug-likeness (QED) is 0.438. The summed E-state index contributed by atoms with van der Waals surface area (Å²) >= 11 is 0. The molecular formula is C15H30N4. The average molecular weight is 266 g/mol. The van der Waals surface area contributed by atoms with Crippen LogP contribution < -0.4 is 11.1 Å². The second-order valence-corrected chi connectivity index (χ2v) is 6.20. The number of aliphatic imine (C=N–C) groups is 1. The summed E-state index contributed by atoms with van der Waals surface area (Å²) in [6.07, 6.45) is 2.58. The van der Waals surface area contributed by atoms with Gasteiger partial charge in [0.15, 0.2) is 5.96 Å². The molecule has 1 rings (SSSR count). The van der Waals surface area contributed by atoms with Crippen LogP contribution in [0.1, 0.15) is 33.6 Å². The molecule has 1 fully saturated rings. The Bertz CT molecular complexity index is 309. The van der Waals surface area contributed by atoms with Gasteiger partial charge in [-0.3, -0.25) is 0 Å². The zero-order chi connectivity index (χ0) is 14.3. The van der Waals surface area contributed by atoms with E-state index in [-0.39, 0.29) is 0 Å². The second kappa shape index (κ2) is 8.20. The van der Waals surface area contributed by atoms with E-state index in [1.807, 2.05) is 6.92 Å². The van der Waals surface area contributed by atoms with Gasteiger partial charge in [0.25, 0.3) is 0 Å². The van der Waals surface area contributed by atoms with E-state index < -0.39 is 0 Å². The van der Waals surface area contributed by atoms with E-state index in [4.69, 9.17) is 5.73 Å². The Hall–Kier alpha value is -1.03. The van der Waals surface area contributed by atoms with Gasteiger partial charge in [0, 0.05) is 19.6 Å². The van der Waals surface area contributed by atoms with Gasteiger partial charge in [-0.1, -0.05) is 26.0 Å². The van der Waals surface area contributed by atoms with Crippen molar-refractivity contribution in [2.24, 2.45) is 22.6 Å². The van der Waals surface area contributed by atoms with Crippen LogP contribution in [0.15, 0.2) is 17.1 Å². The standard InChI is InChI=1S/C15H30N4/c1-12(2)8-17-15(16)18-9-14-6-5-7-19(11-14)10-13(3)4/h13-14H,1,5-11H2,2-4H3,(H3,16,17,18). The first-order chi connectivity index (χ1) is 8.97. The molecule has 4 nitrogen and oxygen atoms in total. The van der Waals surface area contributed by atoms with Crippen molar-refractivity contribution in [3.8, 4) is 0 Å². The minimum absolute atomic E-state index is 0.545. The molecule has 0 aromatic heterocycles. The lowest BCUT2D eigenvalue weighted by molar-refractivity contribution is 0.159. The van der Waals surface area contributed by atoms with Crippen molar-refractivity contribution in [2.75, 3.05) is 32.7 Å². The maximum Gasteiger partial charge on any atom is 0.188 e. The van der Waals surface area contributed by atoms with E-state index >= 15 is 0 Å². The Morgan fingerprint density at radius 3 is 2.89 bits per heavy atom. The van der Waals surface area contributed by atoms with Crippen molar-refractivity contribution < 1.29 is 0 Å². The molecule has 0 amide bonds. The van der Waals surface area contributed by atoms with E-state index in [0.717, 1.165) is 18.0 Å². The lowest BCUT2D eigenvalue weighted by atomic mass is 9.97. The number of guanidine groups is 1. The SMILES string of the molecule is C=C(C)CN=C(N)NCC1CCCN(CC(C)C)C1. The molecule has 0 radical (unpaired) electrons. The number of nitrogens with one attached hydrogen (secondary N) is 1. The smallest absolute Gasteiger partial charge is 0.188 e. The van der Waals surface area contributed by atoms with Crippen molar-refractivity contribution in [2.45, 2.75) is 33.6 Å². The van der Waals surface area contributed by atoms with Crippen LogP contribution in [0.5, 0.6) is 0 Å². The molecule has 0 saturated carbocycles. The molecule has 1 atom stereocenters. The highest BCUT2D eigenvalue weighted by atomic mass is 15.1. The van der Waals surface area contributed by atoms with Crippen LogP contribution in [-0.4, -0.2) is 43.6 Å². The maximum atomic E-state index is 5.84. The van der Waals surface area contributed by atoms with Crippen LogP contribution in [0.4, 0.5) is 0 Å². The Kier molecular flexibility index (Phi) is 6.92. The number of rotatable bonds is 6. The van der Waals surface area contributed by atoms with E-state index in [2.05, 4.69) is 35.6 Å². The Balaban J connectivity index is 2.28. The third-order valence-corrected chi connectivity index (χ3v) is 3.32. The van der Waals surface area contributed by atoms with Crippen molar-refractivity contribution >= 4 is 5.96 Å². The highest BCUT2D eigenvalue weighted by Gasteiger charge is 2.20. The van der Waals surface area contributed by atoms with Gasteiger partial charge in [0.2, 0.25) is 0 Å². The van der Waals surface area contributed by atoms with E-state index in [1.165, 1.54) is 32.5 Å². The van der Waals surface area contributed by atoms with Gasteiger partial charge >= 0.3 is 0 Å². The fraction of sp³-hybridized carbons (Fsp3) is 0.800. The predicted octanol–water partition coefficient (Wildman–Crippen LogP) is 1.83. The van der Waals surface area contributed by atoms with Crippen molar-refractivity contribution in [3.63, 3.8) is 0 Å². The normalized spacial score (nSPS) is 21.7. The summed E-state index contributed by atoms with van der Waals surface area (Å²) in [4.78, 5) is 6.82. The highest BCUT2D eigenvalue weighted by Crippen LogP contribution is 2.16. The van der Waals surface area contributed by atoms with Gasteiger partial charge in [-0.15, -0.1) is 0 Å². The van der Waals surface area contributed by atoms with E-state index in [1.54, 1.807) is 0 Å². The second-order valence-electron chi connectivity index (χ2n) is 6.20. The largest absolute Gasteiger partial charge is 0.370 e. The summed E-state index contributed by atoms with van der Waals surface area (Å²) in [6, 6.07) is 0. The molecule has 0 aromatic carbocycles. The maximum absolute atomic E-state index is 5.84. The zero-order valence-electron chi connectivity index (χ0n) is 12.8. The van der Waals surface area contributed by atoms with Gasteiger partial charge in [-0.05, 0) is 38.1 Å². The Morgan fingerprint density at radius 2 is 2.26 bits per heavy atom. The summed E-state index contributed by atoms with van der Waals surface area (Å²) < 4.78 is 0. The molecule has 0 spiro atoms. The molecular weight excluding hydrogens is 236 g/mol. The first-order valence-corrected chi connectivity index (χ1v) is 7.38. The molecule has 4 heteroatoms. The molecule has 0 aliphatic carbocycles. The van der Waals surface area contributed by atoms with Crippen LogP contribution in [0.2, 0.25) is 0 Å². The highest BCUT2D eigenvalue weighted by molar-refractivity contribution is 5.77. The average Bonchev–Trinajstić information content (AvgIpc) is 2.33. The number of nitrogens with zero attached hydrogens (tertiary/aromatic N) is 2. The summed E-state index contributed by atoms with van der Waals surface area (Å²) in [5, 5.41) is 3.24. The number of likely N-dealkylation sites (tertiary alicyclic amines) is 1. The van der Waals surface area contributed by atoms with Crippen LogP contribution in [0, 0.1) is 11.8 Å². The van der Waals surface area contributed by atoms with Crippen molar-refractivity contribution in [1.29, 1.82) is 0 Å². The summed E-state index contributed by atoms with van der Waals surface area (Å²) in [5.41, 5.74) is 6.87. The van der Waals surface area contributed by atoms with Gasteiger partial charge in [-0.25, -0.2) is 4.99 Å². The van der Waals surface area contributed by atoms with E-state index in [9.17, 15) is 0 Å². The molecule has 19 heavy (non-hydrogen) atoms. The first-order valence-electron chi connectivity index (χ1n) is 7.38. The summed E-state index contributed by atoms with van der Waals surface area (Å²) in [6.45, 7) is 15.5. The molecule has 1 unspecified atom stereocenters. The minimum atomic E-state index is 0.545. The van der Waals surface area contributed by atoms with Gasteiger partial charge in [-0.2, -0.15) is 0 Å². The molecule has 110 valence electrons. The number of hydrogen-bond donors (Lipinski definition) is 2. The molecule has 1 saturated heterocycles. The van der Waals surface area contributed by atoms with Crippen LogP contribution >= 0.6 is 0 Å². The lowest BCUT2D eigenvalue weighted by Crippen LogP contribution is -2.43. The van der Waals surface area contributed by atoms with Crippen molar-refractivity contribution in [1.82, 2.24) is 10.2 Å². The van der Waals surface area contributed by atoms with Gasteiger partial charge < -0.3 is 16.0 Å². The lowest BCUT2D eigenvalue weighted by Gasteiger charge is -2.33. The zero-order valence-corrected chi connectivity index (χ0v) is 12.8. The fourth-order valence-corrected chi connectivity index (χ4v) is 2.53. The molecule has 3 N–H and O–H groups in total. The summed E-state index contributed by atoms with van der Waals surface area (Å²) in [5.74, 6) is 1.98. The molecule has 0 aromatic rings. The van der Waals surface area contributed by atoms with Gasteiger partial charge in [0.1, 0.15) is 0 Å². The number of nitrogens with two attached hydrogens (primary N) is 1. The van der Waals surface area contributed by atoms with Gasteiger partial charge in [0.05, 0.1) is 6.54 Å². The molecule has 1 aliphatic rings. The Morgan fingerprint density at radius 1 is 1.53 bits per heavy atom. The predicted molar refractivity (Wildman–Crippen MR) is 83.3 cm³/mol. The Labute approximate surface area is 118 Å². The number of hydrogen-bond acceptors (Lipinski definition) is 2. The first kappa shape index (κ1) is 16.0. The number of piperidine rings is 1. The topological polar surface area (TPSA) is 53.6 Å².